The summed E-state index contributed by atoms with van der Waals surface area (Å²) in [5, 5.41) is 14.2. The van der Waals surface area contributed by atoms with Crippen LogP contribution in [-0.4, -0.2) is 41.7 Å². The van der Waals surface area contributed by atoms with Crippen LogP contribution in [0.4, 0.5) is 14.5 Å². The SMILES string of the molecule is COc1ccc(NC(=O)c2ccccc2CC2(O)CCN(Cc3ccc(F)c(F)c3)CC2)cc1. The Hall–Kier alpha value is -3.29. The zero-order valence-corrected chi connectivity index (χ0v) is 19.1. The summed E-state index contributed by atoms with van der Waals surface area (Å²) in [6.45, 7) is 1.74. The minimum absolute atomic E-state index is 0.236. The first-order valence-corrected chi connectivity index (χ1v) is 11.3. The second kappa shape index (κ2) is 10.3. The number of aliphatic hydroxyl groups is 1. The van der Waals surface area contributed by atoms with Crippen LogP contribution in [0.1, 0.15) is 34.3 Å². The number of carbonyl (C=O) groups is 1. The standard InChI is InChI=1S/C27H28F2N2O3/c1-34-22-9-7-21(8-10-22)30-26(32)23-5-3-2-4-20(23)17-27(33)12-14-31(15-13-27)18-19-6-11-24(28)25(29)16-19/h2-11,16,33H,12-15,17-18H2,1H3,(H,30,32). The fraction of sp³-hybridized carbons (Fsp3) is 0.296. The third-order valence-corrected chi connectivity index (χ3v) is 6.31. The van der Waals surface area contributed by atoms with Crippen molar-refractivity contribution in [1.82, 2.24) is 4.90 Å². The fourth-order valence-electron chi connectivity index (χ4n) is 4.32. The molecule has 3 aromatic rings. The minimum Gasteiger partial charge on any atom is -0.497 e. The lowest BCUT2D eigenvalue weighted by molar-refractivity contribution is -0.0225. The normalized spacial score (nSPS) is 15.6. The van der Waals surface area contributed by atoms with Gasteiger partial charge in [0.25, 0.3) is 5.91 Å². The molecule has 1 aliphatic rings. The summed E-state index contributed by atoms with van der Waals surface area (Å²) >= 11 is 0. The number of benzene rings is 3. The molecule has 0 aliphatic carbocycles. The average Bonchev–Trinajstić information content (AvgIpc) is 2.84. The van der Waals surface area contributed by atoms with Crippen molar-refractivity contribution in [3.05, 3.63) is 95.1 Å². The van der Waals surface area contributed by atoms with Gasteiger partial charge in [0, 0.05) is 37.3 Å². The third kappa shape index (κ3) is 5.79. The molecule has 1 heterocycles. The Morgan fingerprint density at radius 1 is 1.03 bits per heavy atom. The highest BCUT2D eigenvalue weighted by molar-refractivity contribution is 6.05. The van der Waals surface area contributed by atoms with Crippen LogP contribution >= 0.6 is 0 Å². The smallest absolute Gasteiger partial charge is 0.255 e. The number of piperidine rings is 1. The van der Waals surface area contributed by atoms with Crippen LogP contribution in [0, 0.1) is 11.6 Å². The summed E-state index contributed by atoms with van der Waals surface area (Å²) in [4.78, 5) is 15.1. The Morgan fingerprint density at radius 2 is 1.74 bits per heavy atom. The van der Waals surface area contributed by atoms with E-state index in [0.29, 0.717) is 61.5 Å². The number of hydrogen-bond acceptors (Lipinski definition) is 4. The van der Waals surface area contributed by atoms with Gasteiger partial charge in [-0.2, -0.15) is 0 Å². The summed E-state index contributed by atoms with van der Waals surface area (Å²) < 4.78 is 31.8. The van der Waals surface area contributed by atoms with Gasteiger partial charge in [-0.3, -0.25) is 9.69 Å². The molecule has 7 heteroatoms. The molecule has 0 unspecified atom stereocenters. The Kier molecular flexibility index (Phi) is 7.24. The van der Waals surface area contributed by atoms with Crippen LogP contribution < -0.4 is 10.1 Å². The minimum atomic E-state index is -0.943. The van der Waals surface area contributed by atoms with E-state index in [0.717, 1.165) is 11.6 Å². The second-order valence-corrected chi connectivity index (χ2v) is 8.77. The van der Waals surface area contributed by atoms with Crippen molar-refractivity contribution in [3.63, 3.8) is 0 Å². The summed E-state index contributed by atoms with van der Waals surface area (Å²) in [6.07, 6.45) is 1.40. The van der Waals surface area contributed by atoms with Crippen LogP contribution in [0.3, 0.4) is 0 Å². The van der Waals surface area contributed by atoms with Crippen LogP contribution in [-0.2, 0) is 13.0 Å². The lowest BCUT2D eigenvalue weighted by Gasteiger charge is -2.38. The molecule has 0 saturated carbocycles. The van der Waals surface area contributed by atoms with Gasteiger partial charge in [-0.25, -0.2) is 8.78 Å². The summed E-state index contributed by atoms with van der Waals surface area (Å²) in [7, 11) is 1.58. The Bertz CT molecular complexity index is 1140. The summed E-state index contributed by atoms with van der Waals surface area (Å²) in [6, 6.07) is 18.3. The van der Waals surface area contributed by atoms with Crippen LogP contribution in [0.2, 0.25) is 0 Å². The van der Waals surface area contributed by atoms with E-state index in [1.54, 1.807) is 49.6 Å². The number of nitrogens with one attached hydrogen (secondary N) is 1. The number of ether oxygens (including phenoxy) is 1. The van der Waals surface area contributed by atoms with Crippen molar-refractivity contribution in [3.8, 4) is 5.75 Å². The monoisotopic (exact) mass is 466 g/mol. The van der Waals surface area contributed by atoms with Gasteiger partial charge >= 0.3 is 0 Å². The van der Waals surface area contributed by atoms with E-state index in [4.69, 9.17) is 4.74 Å². The first kappa shape index (κ1) is 23.9. The fourth-order valence-corrected chi connectivity index (χ4v) is 4.32. The lowest BCUT2D eigenvalue weighted by Crippen LogP contribution is -2.45. The molecule has 34 heavy (non-hydrogen) atoms. The van der Waals surface area contributed by atoms with E-state index < -0.39 is 17.2 Å². The number of likely N-dealkylation sites (tertiary alicyclic amines) is 1. The molecule has 5 nitrogen and oxygen atoms in total. The van der Waals surface area contributed by atoms with Crippen LogP contribution in [0.25, 0.3) is 0 Å². The lowest BCUT2D eigenvalue weighted by atomic mass is 9.83. The van der Waals surface area contributed by atoms with Crippen molar-refractivity contribution in [1.29, 1.82) is 0 Å². The van der Waals surface area contributed by atoms with Gasteiger partial charge in [-0.05, 0) is 66.4 Å². The molecular weight excluding hydrogens is 438 g/mol. The molecule has 1 fully saturated rings. The van der Waals surface area contributed by atoms with Crippen molar-refractivity contribution < 1.29 is 23.4 Å². The van der Waals surface area contributed by atoms with Gasteiger partial charge in [0.05, 0.1) is 12.7 Å². The maximum Gasteiger partial charge on any atom is 0.255 e. The zero-order valence-electron chi connectivity index (χ0n) is 19.1. The van der Waals surface area contributed by atoms with E-state index >= 15 is 0 Å². The third-order valence-electron chi connectivity index (χ3n) is 6.31. The number of carbonyl (C=O) groups excluding carboxylic acids is 1. The number of rotatable bonds is 7. The van der Waals surface area contributed by atoms with Gasteiger partial charge in [0.1, 0.15) is 5.75 Å². The van der Waals surface area contributed by atoms with Crippen LogP contribution in [0.15, 0.2) is 66.7 Å². The number of halogens is 2. The molecule has 3 aromatic carbocycles. The highest BCUT2D eigenvalue weighted by atomic mass is 19.2. The number of amides is 1. The molecule has 1 aliphatic heterocycles. The van der Waals surface area contributed by atoms with E-state index in [2.05, 4.69) is 10.2 Å². The Morgan fingerprint density at radius 3 is 2.41 bits per heavy atom. The molecule has 178 valence electrons. The second-order valence-electron chi connectivity index (χ2n) is 8.77. The quantitative estimate of drug-likeness (QED) is 0.525. The highest BCUT2D eigenvalue weighted by Crippen LogP contribution is 2.29. The van der Waals surface area contributed by atoms with E-state index in [1.807, 2.05) is 12.1 Å². The van der Waals surface area contributed by atoms with Crippen molar-refractivity contribution >= 4 is 11.6 Å². The molecule has 4 rings (SSSR count). The largest absolute Gasteiger partial charge is 0.497 e. The van der Waals surface area contributed by atoms with Gasteiger partial charge in [0.2, 0.25) is 0 Å². The summed E-state index contributed by atoms with van der Waals surface area (Å²) in [5.41, 5.74) is 1.72. The predicted molar refractivity (Wildman–Crippen MR) is 127 cm³/mol. The van der Waals surface area contributed by atoms with Crippen molar-refractivity contribution in [2.24, 2.45) is 0 Å². The Balaban J connectivity index is 1.38. The molecule has 0 spiro atoms. The van der Waals surface area contributed by atoms with Crippen molar-refractivity contribution in [2.45, 2.75) is 31.4 Å². The van der Waals surface area contributed by atoms with Gasteiger partial charge in [0.15, 0.2) is 11.6 Å². The Labute approximate surface area is 198 Å². The molecule has 0 aromatic heterocycles. The average molecular weight is 467 g/mol. The van der Waals surface area contributed by atoms with E-state index in [1.165, 1.54) is 6.07 Å². The predicted octanol–water partition coefficient (Wildman–Crippen LogP) is 4.80. The number of anilines is 1. The number of hydrogen-bond donors (Lipinski definition) is 2. The number of methoxy groups -OCH3 is 1. The molecule has 0 radical (unpaired) electrons. The van der Waals surface area contributed by atoms with Gasteiger partial charge in [-0.1, -0.05) is 24.3 Å². The molecule has 0 atom stereocenters. The first-order valence-electron chi connectivity index (χ1n) is 11.3. The molecular formula is C27H28F2N2O3. The molecule has 0 bridgehead atoms. The maximum atomic E-state index is 13.5. The van der Waals surface area contributed by atoms with E-state index in [-0.39, 0.29) is 5.91 Å². The van der Waals surface area contributed by atoms with Gasteiger partial charge < -0.3 is 15.2 Å². The van der Waals surface area contributed by atoms with Gasteiger partial charge in [-0.15, -0.1) is 0 Å². The molecule has 1 saturated heterocycles. The topological polar surface area (TPSA) is 61.8 Å². The van der Waals surface area contributed by atoms with Crippen LogP contribution in [0.5, 0.6) is 5.75 Å². The zero-order chi connectivity index (χ0) is 24.1. The van der Waals surface area contributed by atoms with Crippen molar-refractivity contribution in [2.75, 3.05) is 25.5 Å². The molecule has 2 N–H and O–H groups in total. The number of nitrogens with zero attached hydrogens (tertiary/aromatic N) is 1. The summed E-state index contributed by atoms with van der Waals surface area (Å²) in [5.74, 6) is -1.24. The highest BCUT2D eigenvalue weighted by Gasteiger charge is 2.33. The van der Waals surface area contributed by atoms with E-state index in [9.17, 15) is 18.7 Å². The molecule has 1 amide bonds. The maximum absolute atomic E-state index is 13.5. The first-order chi connectivity index (χ1) is 16.3.